The first-order valence-electron chi connectivity index (χ1n) is 4.96. The van der Waals surface area contributed by atoms with Gasteiger partial charge in [0.15, 0.2) is 0 Å². The van der Waals surface area contributed by atoms with Gasteiger partial charge in [-0.2, -0.15) is 0 Å². The number of hydrogen-bond acceptors (Lipinski definition) is 4. The minimum absolute atomic E-state index is 0.0830. The first-order chi connectivity index (χ1) is 7.77. The van der Waals surface area contributed by atoms with Crippen LogP contribution in [0, 0.1) is 10.1 Å². The highest BCUT2D eigenvalue weighted by molar-refractivity contribution is 5.91. The summed E-state index contributed by atoms with van der Waals surface area (Å²) in [7, 11) is 6.70. The van der Waals surface area contributed by atoms with Crippen LogP contribution in [0.3, 0.4) is 0 Å². The van der Waals surface area contributed by atoms with Crippen LogP contribution >= 0.6 is 0 Å². The Hall–Kier alpha value is -1.95. The predicted molar refractivity (Wildman–Crippen MR) is 64.0 cm³/mol. The predicted octanol–water partition coefficient (Wildman–Crippen LogP) is 1.58. The van der Waals surface area contributed by atoms with Crippen molar-refractivity contribution in [3.8, 4) is 0 Å². The number of carbonyl (C=O) groups is 1. The van der Waals surface area contributed by atoms with E-state index in [0.29, 0.717) is 10.2 Å². The van der Waals surface area contributed by atoms with Crippen molar-refractivity contribution in [1.29, 1.82) is 0 Å². The lowest BCUT2D eigenvalue weighted by Gasteiger charge is -2.22. The third-order valence-electron chi connectivity index (χ3n) is 2.32. The summed E-state index contributed by atoms with van der Waals surface area (Å²) in [6.07, 6.45) is 0. The van der Waals surface area contributed by atoms with E-state index >= 15 is 0 Å². The van der Waals surface area contributed by atoms with E-state index in [4.69, 9.17) is 0 Å². The van der Waals surface area contributed by atoms with Gasteiger partial charge in [0.2, 0.25) is 5.69 Å². The lowest BCUT2D eigenvalue weighted by Crippen LogP contribution is -2.35. The van der Waals surface area contributed by atoms with Crippen LogP contribution in [0.15, 0.2) is 18.2 Å². The van der Waals surface area contributed by atoms with E-state index in [1.807, 2.05) is 21.1 Å². The van der Waals surface area contributed by atoms with Crippen molar-refractivity contribution in [2.75, 3.05) is 28.3 Å². The summed E-state index contributed by atoms with van der Waals surface area (Å²) in [5.41, 5.74) is 0.624. The fourth-order valence-electron chi connectivity index (χ4n) is 1.48. The first kappa shape index (κ1) is 13.1. The van der Waals surface area contributed by atoms with Crippen LogP contribution in [-0.2, 0) is 4.74 Å². The van der Waals surface area contributed by atoms with Crippen LogP contribution in [-0.4, -0.2) is 39.1 Å². The highest BCUT2D eigenvalue weighted by Gasteiger charge is 2.27. The lowest BCUT2D eigenvalue weighted by atomic mass is 10.1. The Kier molecular flexibility index (Phi) is 3.47. The first-order valence-corrected chi connectivity index (χ1v) is 4.96. The fraction of sp³-hybridized carbons (Fsp3) is 0.364. The molecule has 0 aromatic heterocycles. The van der Waals surface area contributed by atoms with Gasteiger partial charge in [-0.15, -0.1) is 0 Å². The van der Waals surface area contributed by atoms with Crippen molar-refractivity contribution in [3.05, 3.63) is 33.9 Å². The summed E-state index contributed by atoms with van der Waals surface area (Å²) in [5.74, 6) is -0.582. The molecule has 0 saturated heterocycles. The second-order valence-electron chi connectivity index (χ2n) is 4.46. The summed E-state index contributed by atoms with van der Waals surface area (Å²) in [6.45, 7) is 0. The summed E-state index contributed by atoms with van der Waals surface area (Å²) < 4.78 is 4.83. The molecule has 1 aromatic carbocycles. The van der Waals surface area contributed by atoms with Gasteiger partial charge in [0.25, 0.3) is 0 Å². The van der Waals surface area contributed by atoms with Crippen LogP contribution < -0.4 is 4.48 Å². The zero-order valence-electron chi connectivity index (χ0n) is 10.3. The van der Waals surface area contributed by atoms with Crippen LogP contribution in [0.2, 0.25) is 0 Å². The van der Waals surface area contributed by atoms with E-state index in [0.717, 1.165) is 0 Å². The zero-order chi connectivity index (χ0) is 13.2. The molecule has 0 aliphatic rings. The van der Waals surface area contributed by atoms with E-state index in [-0.39, 0.29) is 11.3 Å². The van der Waals surface area contributed by atoms with Crippen molar-refractivity contribution in [2.24, 2.45) is 0 Å². The average molecular weight is 239 g/mol. The Labute approximate surface area is 99.2 Å². The third kappa shape index (κ3) is 2.79. The summed E-state index contributed by atoms with van der Waals surface area (Å²) >= 11 is 0. The van der Waals surface area contributed by atoms with Crippen molar-refractivity contribution in [3.63, 3.8) is 0 Å². The summed E-state index contributed by atoms with van der Waals surface area (Å²) in [6, 6.07) is 4.34. The SMILES string of the molecule is COC(=O)c1ccc([N+](C)(C)C)c([N+](=O)[O-])c1. The lowest BCUT2D eigenvalue weighted by molar-refractivity contribution is -0.384. The maximum absolute atomic E-state index is 11.3. The maximum atomic E-state index is 11.3. The molecule has 1 rings (SSSR count). The molecule has 6 heteroatoms. The maximum Gasteiger partial charge on any atom is 0.338 e. The second kappa shape index (κ2) is 4.50. The van der Waals surface area contributed by atoms with Gasteiger partial charge in [0.1, 0.15) is 0 Å². The van der Waals surface area contributed by atoms with Gasteiger partial charge in [0, 0.05) is 12.1 Å². The molecule has 0 atom stereocenters. The molecule has 0 saturated carbocycles. The molecular formula is C11H15N2O4+. The van der Waals surface area contributed by atoms with E-state index in [9.17, 15) is 14.9 Å². The molecule has 0 spiro atoms. The Balaban J connectivity index is 3.37. The Bertz CT molecular complexity index is 463. The van der Waals surface area contributed by atoms with Crippen molar-refractivity contribution in [2.45, 2.75) is 0 Å². The van der Waals surface area contributed by atoms with Gasteiger partial charge >= 0.3 is 11.7 Å². The van der Waals surface area contributed by atoms with E-state index in [1.165, 1.54) is 19.2 Å². The standard InChI is InChI=1S/C11H15N2O4/c1-13(2,3)10-6-5-8(11(14)17-4)7-9(10)12(15)16/h5-7H,1-4H3/q+1. The quantitative estimate of drug-likeness (QED) is 0.347. The number of nitro groups is 1. The number of nitro benzene ring substituents is 1. The number of carbonyl (C=O) groups excluding carboxylic acids is 1. The van der Waals surface area contributed by atoms with Crippen molar-refractivity contribution < 1.29 is 14.5 Å². The van der Waals surface area contributed by atoms with Gasteiger partial charge in [-0.3, -0.25) is 14.6 Å². The molecule has 0 aliphatic heterocycles. The molecular weight excluding hydrogens is 224 g/mol. The minimum atomic E-state index is -0.582. The van der Waals surface area contributed by atoms with E-state index < -0.39 is 10.9 Å². The number of rotatable bonds is 3. The molecule has 92 valence electrons. The smallest absolute Gasteiger partial charge is 0.338 e. The molecule has 0 heterocycles. The molecule has 0 amide bonds. The topological polar surface area (TPSA) is 69.4 Å². The third-order valence-corrected chi connectivity index (χ3v) is 2.32. The molecule has 0 unspecified atom stereocenters. The van der Waals surface area contributed by atoms with Crippen LogP contribution in [0.25, 0.3) is 0 Å². The Morgan fingerprint density at radius 3 is 2.35 bits per heavy atom. The van der Waals surface area contributed by atoms with E-state index in [1.54, 1.807) is 6.07 Å². The monoisotopic (exact) mass is 239 g/mol. The number of methoxy groups -OCH3 is 1. The Morgan fingerprint density at radius 2 is 1.94 bits per heavy atom. The Morgan fingerprint density at radius 1 is 1.35 bits per heavy atom. The van der Waals surface area contributed by atoms with Gasteiger partial charge < -0.3 is 4.74 Å². The molecule has 0 N–H and O–H groups in total. The average Bonchev–Trinajstić information content (AvgIpc) is 2.25. The van der Waals surface area contributed by atoms with Crippen molar-refractivity contribution >= 4 is 17.3 Å². The number of benzene rings is 1. The van der Waals surface area contributed by atoms with Crippen LogP contribution in [0.1, 0.15) is 10.4 Å². The highest BCUT2D eigenvalue weighted by Crippen LogP contribution is 2.30. The van der Waals surface area contributed by atoms with Gasteiger partial charge in [-0.05, 0) is 6.07 Å². The molecule has 0 fully saturated rings. The number of quaternary nitrogens is 1. The number of ether oxygens (including phenoxy) is 1. The fourth-order valence-corrected chi connectivity index (χ4v) is 1.48. The second-order valence-corrected chi connectivity index (χ2v) is 4.46. The summed E-state index contributed by atoms with van der Waals surface area (Å²) in [4.78, 5) is 21.8. The molecule has 6 nitrogen and oxygen atoms in total. The number of nitrogens with zero attached hydrogens (tertiary/aromatic N) is 2. The molecule has 1 aromatic rings. The molecule has 0 bridgehead atoms. The van der Waals surface area contributed by atoms with Gasteiger partial charge in [0.05, 0.1) is 38.7 Å². The molecule has 0 aliphatic carbocycles. The van der Waals surface area contributed by atoms with Crippen molar-refractivity contribution in [1.82, 2.24) is 4.48 Å². The minimum Gasteiger partial charge on any atom is -0.465 e. The number of hydrogen-bond donors (Lipinski definition) is 0. The van der Waals surface area contributed by atoms with Gasteiger partial charge in [-0.1, -0.05) is 0 Å². The normalized spacial score (nSPS) is 11.1. The van der Waals surface area contributed by atoms with Crippen LogP contribution in [0.5, 0.6) is 0 Å². The zero-order valence-corrected chi connectivity index (χ0v) is 10.3. The molecule has 0 radical (unpaired) electrons. The molecule has 17 heavy (non-hydrogen) atoms. The van der Waals surface area contributed by atoms with E-state index in [2.05, 4.69) is 4.74 Å². The van der Waals surface area contributed by atoms with Gasteiger partial charge in [-0.25, -0.2) is 4.79 Å². The van der Waals surface area contributed by atoms with Crippen LogP contribution in [0.4, 0.5) is 11.4 Å². The highest BCUT2D eigenvalue weighted by atomic mass is 16.6. The number of esters is 1. The largest absolute Gasteiger partial charge is 0.465 e. The summed E-state index contributed by atoms with van der Waals surface area (Å²) in [5, 5.41) is 11.0.